The van der Waals surface area contributed by atoms with E-state index in [9.17, 15) is 0 Å². The molecule has 1 aliphatic rings. The van der Waals surface area contributed by atoms with Gasteiger partial charge in [0.1, 0.15) is 12.4 Å². The third-order valence-electron chi connectivity index (χ3n) is 5.00. The van der Waals surface area contributed by atoms with Gasteiger partial charge in [0.15, 0.2) is 5.65 Å². The lowest BCUT2D eigenvalue weighted by Gasteiger charge is -2.26. The fraction of sp³-hybridized carbons (Fsp3) is 0.409. The van der Waals surface area contributed by atoms with Crippen molar-refractivity contribution in [2.45, 2.75) is 20.4 Å². The maximum atomic E-state index is 8.36. The van der Waals surface area contributed by atoms with Gasteiger partial charge in [0.25, 0.3) is 6.47 Å². The molecule has 30 heavy (non-hydrogen) atoms. The van der Waals surface area contributed by atoms with Gasteiger partial charge in [-0.25, -0.2) is 4.98 Å². The Kier molecular flexibility index (Phi) is 7.75. The lowest BCUT2D eigenvalue weighted by molar-refractivity contribution is -0.122. The van der Waals surface area contributed by atoms with Crippen molar-refractivity contribution in [2.75, 3.05) is 39.5 Å². The van der Waals surface area contributed by atoms with Gasteiger partial charge in [0.05, 0.1) is 18.9 Å². The van der Waals surface area contributed by atoms with E-state index in [1.165, 1.54) is 5.56 Å². The Hall–Kier alpha value is -2.97. The molecule has 1 aromatic carbocycles. The van der Waals surface area contributed by atoms with Gasteiger partial charge < -0.3 is 14.6 Å². The van der Waals surface area contributed by atoms with Crippen molar-refractivity contribution in [2.24, 2.45) is 0 Å². The number of aryl methyl sites for hydroxylation is 2. The largest absolute Gasteiger partial charge is 0.492 e. The van der Waals surface area contributed by atoms with Gasteiger partial charge in [-0.2, -0.15) is 5.10 Å². The van der Waals surface area contributed by atoms with Crippen LogP contribution in [0.4, 0.5) is 0 Å². The van der Waals surface area contributed by atoms with E-state index in [0.717, 1.165) is 67.4 Å². The van der Waals surface area contributed by atoms with E-state index in [1.807, 2.05) is 16.8 Å². The van der Waals surface area contributed by atoms with Gasteiger partial charge in [0.2, 0.25) is 0 Å². The SMILES string of the molecule is CCn1cc2c(C)cc(-c3ccc(OCCN4CCOCC4)cc3)nc2n1.O=CO. The van der Waals surface area contributed by atoms with E-state index in [-0.39, 0.29) is 6.47 Å². The molecule has 1 aliphatic heterocycles. The number of hydrogen-bond donors (Lipinski definition) is 1. The summed E-state index contributed by atoms with van der Waals surface area (Å²) in [5, 5.41) is 12.6. The van der Waals surface area contributed by atoms with Crippen LogP contribution in [-0.2, 0) is 16.1 Å². The second-order valence-electron chi connectivity index (χ2n) is 6.98. The normalized spacial score (nSPS) is 14.2. The molecule has 0 aliphatic carbocycles. The zero-order chi connectivity index (χ0) is 21.3. The standard InChI is InChI=1S/C21H26N4O2.CH2O2/c1-3-25-15-19-16(2)14-20(22-21(19)23-25)17-4-6-18(7-5-17)27-13-10-24-8-11-26-12-9-24;2-1-3/h4-7,14-15H,3,8-13H2,1-2H3;1H,(H,2,3). The fourth-order valence-corrected chi connectivity index (χ4v) is 3.35. The topological polar surface area (TPSA) is 89.7 Å². The summed E-state index contributed by atoms with van der Waals surface area (Å²) in [6, 6.07) is 10.3. The van der Waals surface area contributed by atoms with Gasteiger partial charge in [-0.15, -0.1) is 0 Å². The molecule has 1 fully saturated rings. The molecular weight excluding hydrogens is 384 g/mol. The number of benzene rings is 1. The van der Waals surface area contributed by atoms with Gasteiger partial charge in [0, 0.05) is 43.3 Å². The summed E-state index contributed by atoms with van der Waals surface area (Å²) in [7, 11) is 0. The van der Waals surface area contributed by atoms with Crippen molar-refractivity contribution in [3.8, 4) is 17.0 Å². The van der Waals surface area contributed by atoms with Crippen molar-refractivity contribution in [3.05, 3.63) is 42.1 Å². The molecular formula is C22H28N4O4. The Bertz CT molecular complexity index is 950. The van der Waals surface area contributed by atoms with Crippen LogP contribution in [0, 0.1) is 6.92 Å². The number of fused-ring (bicyclic) bond motifs is 1. The minimum absolute atomic E-state index is 0.250. The maximum absolute atomic E-state index is 8.36. The zero-order valence-corrected chi connectivity index (χ0v) is 17.5. The highest BCUT2D eigenvalue weighted by Crippen LogP contribution is 2.25. The Morgan fingerprint density at radius 3 is 2.60 bits per heavy atom. The Balaban J connectivity index is 0.000000806. The molecule has 3 aromatic rings. The van der Waals surface area contributed by atoms with Crippen LogP contribution in [0.25, 0.3) is 22.3 Å². The molecule has 0 amide bonds. The maximum Gasteiger partial charge on any atom is 0.290 e. The predicted molar refractivity (Wildman–Crippen MR) is 115 cm³/mol. The molecule has 3 heterocycles. The van der Waals surface area contributed by atoms with E-state index in [2.05, 4.69) is 48.2 Å². The van der Waals surface area contributed by atoms with Crippen LogP contribution in [-0.4, -0.2) is 70.7 Å². The molecule has 1 N–H and O–H groups in total. The highest BCUT2D eigenvalue weighted by atomic mass is 16.5. The fourth-order valence-electron chi connectivity index (χ4n) is 3.35. The number of carboxylic acid groups (broad SMARTS) is 1. The first-order valence-corrected chi connectivity index (χ1v) is 10.1. The molecule has 160 valence electrons. The molecule has 1 saturated heterocycles. The molecule has 0 atom stereocenters. The summed E-state index contributed by atoms with van der Waals surface area (Å²) in [6.45, 7) is 10.0. The molecule has 4 rings (SSSR count). The van der Waals surface area contributed by atoms with Crippen LogP contribution >= 0.6 is 0 Å². The molecule has 0 spiro atoms. The quantitative estimate of drug-likeness (QED) is 0.623. The van der Waals surface area contributed by atoms with Crippen molar-refractivity contribution < 1.29 is 19.4 Å². The van der Waals surface area contributed by atoms with Crippen LogP contribution in [0.1, 0.15) is 12.5 Å². The predicted octanol–water partition coefficient (Wildman–Crippen LogP) is 2.84. The van der Waals surface area contributed by atoms with E-state index < -0.39 is 0 Å². The van der Waals surface area contributed by atoms with Crippen molar-refractivity contribution >= 4 is 17.5 Å². The number of hydrogen-bond acceptors (Lipinski definition) is 6. The number of rotatable bonds is 6. The number of morpholine rings is 1. The first-order valence-electron chi connectivity index (χ1n) is 10.1. The van der Waals surface area contributed by atoms with Crippen molar-refractivity contribution in [1.29, 1.82) is 0 Å². The zero-order valence-electron chi connectivity index (χ0n) is 17.5. The molecule has 8 nitrogen and oxygen atoms in total. The minimum atomic E-state index is -0.250. The Morgan fingerprint density at radius 2 is 1.93 bits per heavy atom. The highest BCUT2D eigenvalue weighted by molar-refractivity contribution is 5.81. The first-order chi connectivity index (χ1) is 14.6. The van der Waals surface area contributed by atoms with Crippen LogP contribution in [0.5, 0.6) is 5.75 Å². The summed E-state index contributed by atoms with van der Waals surface area (Å²) in [6.07, 6.45) is 2.06. The smallest absolute Gasteiger partial charge is 0.290 e. The average Bonchev–Trinajstić information content (AvgIpc) is 3.20. The number of carbonyl (C=O) groups is 1. The third kappa shape index (κ3) is 5.55. The lowest BCUT2D eigenvalue weighted by atomic mass is 10.1. The second kappa shape index (κ2) is 10.7. The monoisotopic (exact) mass is 412 g/mol. The van der Waals surface area contributed by atoms with Crippen LogP contribution in [0.15, 0.2) is 36.5 Å². The van der Waals surface area contributed by atoms with Gasteiger partial charge in [-0.3, -0.25) is 14.4 Å². The molecule has 0 unspecified atom stereocenters. The van der Waals surface area contributed by atoms with E-state index in [1.54, 1.807) is 0 Å². The lowest BCUT2D eigenvalue weighted by Crippen LogP contribution is -2.38. The molecule has 0 radical (unpaired) electrons. The van der Waals surface area contributed by atoms with Crippen molar-refractivity contribution in [3.63, 3.8) is 0 Å². The van der Waals surface area contributed by atoms with Gasteiger partial charge in [-0.05, 0) is 49.7 Å². The Labute approximate surface area is 176 Å². The Morgan fingerprint density at radius 1 is 1.23 bits per heavy atom. The summed E-state index contributed by atoms with van der Waals surface area (Å²) in [5.41, 5.74) is 4.02. The number of nitrogens with zero attached hydrogens (tertiary/aromatic N) is 4. The highest BCUT2D eigenvalue weighted by Gasteiger charge is 2.11. The number of aromatic nitrogens is 3. The van der Waals surface area contributed by atoms with Crippen LogP contribution in [0.2, 0.25) is 0 Å². The van der Waals surface area contributed by atoms with Crippen molar-refractivity contribution in [1.82, 2.24) is 19.7 Å². The summed E-state index contributed by atoms with van der Waals surface area (Å²) in [4.78, 5) is 15.5. The number of ether oxygens (including phenoxy) is 2. The average molecular weight is 412 g/mol. The van der Waals surface area contributed by atoms with Crippen LogP contribution in [0.3, 0.4) is 0 Å². The van der Waals surface area contributed by atoms with E-state index in [4.69, 9.17) is 24.4 Å². The molecule has 8 heteroatoms. The summed E-state index contributed by atoms with van der Waals surface area (Å²) >= 11 is 0. The van der Waals surface area contributed by atoms with Gasteiger partial charge in [-0.1, -0.05) is 0 Å². The van der Waals surface area contributed by atoms with E-state index >= 15 is 0 Å². The summed E-state index contributed by atoms with van der Waals surface area (Å²) < 4.78 is 13.2. The molecule has 2 aromatic heterocycles. The van der Waals surface area contributed by atoms with Crippen LogP contribution < -0.4 is 4.74 Å². The van der Waals surface area contributed by atoms with E-state index in [0.29, 0.717) is 6.61 Å². The van der Waals surface area contributed by atoms with Gasteiger partial charge >= 0.3 is 0 Å². The first kappa shape index (κ1) is 21.7. The minimum Gasteiger partial charge on any atom is -0.492 e. The number of pyridine rings is 1. The summed E-state index contributed by atoms with van der Waals surface area (Å²) in [5.74, 6) is 0.889. The third-order valence-corrected chi connectivity index (χ3v) is 5.00. The molecule has 0 bridgehead atoms. The molecule has 0 saturated carbocycles. The second-order valence-corrected chi connectivity index (χ2v) is 6.98.